The summed E-state index contributed by atoms with van der Waals surface area (Å²) in [4.78, 5) is 10.9. The molecule has 15 heavy (non-hydrogen) atoms. The third-order valence-electron chi connectivity index (χ3n) is 1.59. The van der Waals surface area contributed by atoms with Crippen molar-refractivity contribution in [3.8, 4) is 0 Å². The van der Waals surface area contributed by atoms with Crippen LogP contribution in [0.4, 0.5) is 0 Å². The van der Waals surface area contributed by atoms with E-state index in [0.717, 1.165) is 0 Å². The van der Waals surface area contributed by atoms with E-state index in [4.69, 9.17) is 14.2 Å². The quantitative estimate of drug-likeness (QED) is 0.333. The lowest BCUT2D eigenvalue weighted by molar-refractivity contribution is -0.139. The van der Waals surface area contributed by atoms with E-state index < -0.39 is 0 Å². The lowest BCUT2D eigenvalue weighted by atomic mass is 10.4. The zero-order valence-corrected chi connectivity index (χ0v) is 9.58. The van der Waals surface area contributed by atoms with Gasteiger partial charge < -0.3 is 14.2 Å². The fourth-order valence-electron chi connectivity index (χ4n) is 0.813. The first-order valence-corrected chi connectivity index (χ1v) is 5.16. The lowest BCUT2D eigenvalue weighted by Crippen LogP contribution is -2.10. The van der Waals surface area contributed by atoms with Gasteiger partial charge in [-0.05, 0) is 13.8 Å². The number of carbonyl (C=O) groups is 1. The average Bonchev–Trinajstić information content (AvgIpc) is 2.21. The molecule has 0 aromatic rings. The smallest absolute Gasteiger partial charge is 0.333 e. The van der Waals surface area contributed by atoms with Crippen molar-refractivity contribution >= 4 is 5.97 Å². The average molecular weight is 216 g/mol. The van der Waals surface area contributed by atoms with Gasteiger partial charge in [0.05, 0.1) is 19.8 Å². The molecule has 4 heteroatoms. The molecule has 88 valence electrons. The predicted octanol–water partition coefficient (Wildman–Crippen LogP) is 1.55. The molecule has 0 N–H and O–H groups in total. The van der Waals surface area contributed by atoms with Gasteiger partial charge in [0.15, 0.2) is 0 Å². The highest BCUT2D eigenvalue weighted by Crippen LogP contribution is 1.93. The number of esters is 1. The Morgan fingerprint density at radius 2 is 1.80 bits per heavy atom. The molecule has 0 spiro atoms. The maximum atomic E-state index is 10.9. The van der Waals surface area contributed by atoms with Gasteiger partial charge in [-0.15, -0.1) is 0 Å². The number of rotatable bonds is 9. The summed E-state index contributed by atoms with van der Waals surface area (Å²) in [6.45, 7) is 9.91. The zero-order valence-electron chi connectivity index (χ0n) is 9.58. The van der Waals surface area contributed by atoms with Crippen LogP contribution in [-0.4, -0.2) is 39.0 Å². The Morgan fingerprint density at radius 3 is 2.40 bits per heavy atom. The van der Waals surface area contributed by atoms with Crippen molar-refractivity contribution in [1.29, 1.82) is 0 Å². The first-order valence-electron chi connectivity index (χ1n) is 5.16. The highest BCUT2D eigenvalue weighted by atomic mass is 16.5. The third-order valence-corrected chi connectivity index (χ3v) is 1.59. The maximum absolute atomic E-state index is 10.9. The molecule has 0 atom stereocenters. The predicted molar refractivity (Wildman–Crippen MR) is 57.7 cm³/mol. The van der Waals surface area contributed by atoms with Gasteiger partial charge >= 0.3 is 5.97 Å². The zero-order chi connectivity index (χ0) is 11.5. The van der Waals surface area contributed by atoms with E-state index in [1.54, 1.807) is 6.92 Å². The Hall–Kier alpha value is -0.870. The van der Waals surface area contributed by atoms with E-state index in [-0.39, 0.29) is 5.97 Å². The van der Waals surface area contributed by atoms with Crippen molar-refractivity contribution in [1.82, 2.24) is 0 Å². The Labute approximate surface area is 91.2 Å². The summed E-state index contributed by atoms with van der Waals surface area (Å²) >= 11 is 0. The van der Waals surface area contributed by atoms with Gasteiger partial charge in [-0.25, -0.2) is 4.79 Å². The van der Waals surface area contributed by atoms with E-state index in [0.29, 0.717) is 45.0 Å². The fraction of sp³-hybridized carbons (Fsp3) is 0.727. The largest absolute Gasteiger partial charge is 0.462 e. The van der Waals surface area contributed by atoms with Crippen LogP contribution in [0.3, 0.4) is 0 Å². The second-order valence-electron chi connectivity index (χ2n) is 3.08. The summed E-state index contributed by atoms with van der Waals surface area (Å²) in [7, 11) is 0. The van der Waals surface area contributed by atoms with Gasteiger partial charge in [0.2, 0.25) is 0 Å². The molecule has 0 heterocycles. The SMILES string of the molecule is C=C(C)C(=O)OCCCOCCOCC. The van der Waals surface area contributed by atoms with Crippen LogP contribution in [0.15, 0.2) is 12.2 Å². The van der Waals surface area contributed by atoms with Crippen LogP contribution in [0.5, 0.6) is 0 Å². The van der Waals surface area contributed by atoms with E-state index in [1.807, 2.05) is 6.92 Å². The van der Waals surface area contributed by atoms with E-state index in [9.17, 15) is 4.79 Å². The van der Waals surface area contributed by atoms with Crippen LogP contribution in [0, 0.1) is 0 Å². The molecule has 0 aromatic heterocycles. The summed E-state index contributed by atoms with van der Waals surface area (Å²) in [5.74, 6) is -0.343. The topological polar surface area (TPSA) is 44.8 Å². The molecule has 0 aliphatic rings. The first kappa shape index (κ1) is 14.1. The van der Waals surface area contributed by atoms with Crippen molar-refractivity contribution in [3.05, 3.63) is 12.2 Å². The van der Waals surface area contributed by atoms with Crippen molar-refractivity contribution in [2.24, 2.45) is 0 Å². The minimum absolute atomic E-state index is 0.343. The number of carbonyl (C=O) groups excluding carboxylic acids is 1. The van der Waals surface area contributed by atoms with Gasteiger partial charge in [-0.3, -0.25) is 0 Å². The summed E-state index contributed by atoms with van der Waals surface area (Å²) in [5, 5.41) is 0. The summed E-state index contributed by atoms with van der Waals surface area (Å²) in [6.07, 6.45) is 0.700. The van der Waals surface area contributed by atoms with Gasteiger partial charge in [0.1, 0.15) is 0 Å². The normalized spacial score (nSPS) is 10.0. The molecular weight excluding hydrogens is 196 g/mol. The first-order chi connectivity index (χ1) is 7.18. The van der Waals surface area contributed by atoms with Crippen molar-refractivity contribution in [3.63, 3.8) is 0 Å². The Kier molecular flexibility index (Phi) is 9.11. The van der Waals surface area contributed by atoms with Crippen LogP contribution in [0.25, 0.3) is 0 Å². The second kappa shape index (κ2) is 9.68. The van der Waals surface area contributed by atoms with Crippen LogP contribution in [-0.2, 0) is 19.0 Å². The molecule has 0 aromatic carbocycles. The van der Waals surface area contributed by atoms with Crippen molar-refractivity contribution < 1.29 is 19.0 Å². The Morgan fingerprint density at radius 1 is 1.13 bits per heavy atom. The van der Waals surface area contributed by atoms with Crippen molar-refractivity contribution in [2.75, 3.05) is 33.0 Å². The molecule has 0 radical (unpaired) electrons. The standard InChI is InChI=1S/C11H20O4/c1-4-13-8-9-14-6-5-7-15-11(12)10(2)3/h2,4-9H2,1,3H3. The lowest BCUT2D eigenvalue weighted by Gasteiger charge is -2.05. The van der Waals surface area contributed by atoms with Crippen LogP contribution >= 0.6 is 0 Å². The molecule has 0 saturated carbocycles. The molecule has 0 saturated heterocycles. The fourth-order valence-corrected chi connectivity index (χ4v) is 0.813. The Balaban J connectivity index is 3.11. The molecule has 0 unspecified atom stereocenters. The van der Waals surface area contributed by atoms with Gasteiger partial charge in [-0.2, -0.15) is 0 Å². The highest BCUT2D eigenvalue weighted by molar-refractivity contribution is 5.86. The monoisotopic (exact) mass is 216 g/mol. The number of hydrogen-bond acceptors (Lipinski definition) is 4. The summed E-state index contributed by atoms with van der Waals surface area (Å²) in [5.41, 5.74) is 0.423. The van der Waals surface area contributed by atoms with E-state index in [2.05, 4.69) is 6.58 Å². The van der Waals surface area contributed by atoms with E-state index in [1.165, 1.54) is 0 Å². The van der Waals surface area contributed by atoms with Gasteiger partial charge in [0.25, 0.3) is 0 Å². The number of ether oxygens (including phenoxy) is 3. The minimum atomic E-state index is -0.343. The molecule has 4 nitrogen and oxygen atoms in total. The summed E-state index contributed by atoms with van der Waals surface area (Å²) in [6, 6.07) is 0. The molecule has 0 rings (SSSR count). The van der Waals surface area contributed by atoms with Crippen LogP contribution in [0.2, 0.25) is 0 Å². The molecule has 0 aliphatic carbocycles. The highest BCUT2D eigenvalue weighted by Gasteiger charge is 2.01. The minimum Gasteiger partial charge on any atom is -0.462 e. The van der Waals surface area contributed by atoms with Gasteiger partial charge in [0, 0.05) is 25.2 Å². The number of hydrogen-bond donors (Lipinski definition) is 0. The maximum Gasteiger partial charge on any atom is 0.333 e. The molecule has 0 fully saturated rings. The third kappa shape index (κ3) is 9.43. The van der Waals surface area contributed by atoms with Crippen LogP contribution in [0.1, 0.15) is 20.3 Å². The molecule has 0 aliphatic heterocycles. The van der Waals surface area contributed by atoms with Crippen molar-refractivity contribution in [2.45, 2.75) is 20.3 Å². The molecule has 0 amide bonds. The summed E-state index contributed by atoms with van der Waals surface area (Å²) < 4.78 is 15.2. The van der Waals surface area contributed by atoms with Gasteiger partial charge in [-0.1, -0.05) is 6.58 Å². The second-order valence-corrected chi connectivity index (χ2v) is 3.08. The molecular formula is C11H20O4. The Bertz CT molecular complexity index is 189. The van der Waals surface area contributed by atoms with Crippen LogP contribution < -0.4 is 0 Å². The van der Waals surface area contributed by atoms with E-state index >= 15 is 0 Å². The molecule has 0 bridgehead atoms.